The Morgan fingerprint density at radius 2 is 1.29 bits per heavy atom. The number of amides is 2. The highest BCUT2D eigenvalue weighted by Gasteiger charge is 2.36. The van der Waals surface area contributed by atoms with Crippen molar-refractivity contribution in [3.63, 3.8) is 0 Å². The molecule has 1 saturated heterocycles. The molecule has 2 amide bonds. The number of aromatic hydroxyl groups is 1. The molecule has 1 N–H and O–H groups in total. The van der Waals surface area contributed by atoms with Crippen LogP contribution in [0.5, 0.6) is 5.75 Å². The molecule has 0 unspecified atom stereocenters. The fourth-order valence-electron chi connectivity index (χ4n) is 3.24. The molecule has 1 aliphatic heterocycles. The summed E-state index contributed by atoms with van der Waals surface area (Å²) >= 11 is 0. The largest absolute Gasteiger partial charge is 0.507 e. The molecule has 0 saturated carbocycles. The van der Waals surface area contributed by atoms with Crippen molar-refractivity contribution in [1.82, 2.24) is 9.80 Å². The van der Waals surface area contributed by atoms with Crippen molar-refractivity contribution in [2.75, 3.05) is 26.2 Å². The van der Waals surface area contributed by atoms with Crippen molar-refractivity contribution in [2.45, 2.75) is 12.6 Å². The standard InChI is InChI=1S/C20H19F3N2O3/c21-20(22,23)16-8-3-1-6-14(16)18(27)24-10-5-11-25(13-12-24)19(28)15-7-2-4-9-17(15)26/h1-4,6-9,26H,5,10-13H2. The lowest BCUT2D eigenvalue weighted by atomic mass is 10.1. The summed E-state index contributed by atoms with van der Waals surface area (Å²) in [5.74, 6) is -1.21. The molecular weight excluding hydrogens is 373 g/mol. The first kappa shape index (κ1) is 19.7. The van der Waals surface area contributed by atoms with Gasteiger partial charge in [0.1, 0.15) is 5.75 Å². The molecule has 1 fully saturated rings. The minimum atomic E-state index is -4.62. The number of phenolic OH excluding ortho intramolecular Hbond substituents is 1. The molecule has 3 rings (SSSR count). The van der Waals surface area contributed by atoms with Crippen LogP contribution in [0.4, 0.5) is 13.2 Å². The Hall–Kier alpha value is -3.03. The molecule has 28 heavy (non-hydrogen) atoms. The maximum atomic E-state index is 13.2. The first-order valence-electron chi connectivity index (χ1n) is 8.82. The van der Waals surface area contributed by atoms with Crippen molar-refractivity contribution in [2.24, 2.45) is 0 Å². The van der Waals surface area contributed by atoms with E-state index in [0.29, 0.717) is 13.0 Å². The Morgan fingerprint density at radius 3 is 1.86 bits per heavy atom. The molecule has 0 aromatic heterocycles. The number of para-hydroxylation sites is 1. The summed E-state index contributed by atoms with van der Waals surface area (Å²) in [5.41, 5.74) is -1.20. The molecule has 0 bridgehead atoms. The summed E-state index contributed by atoms with van der Waals surface area (Å²) in [6.07, 6.45) is -4.19. The van der Waals surface area contributed by atoms with Crippen LogP contribution in [0.1, 0.15) is 32.7 Å². The average Bonchev–Trinajstić information content (AvgIpc) is 2.93. The fraction of sp³-hybridized carbons (Fsp3) is 0.300. The Morgan fingerprint density at radius 1 is 0.786 bits per heavy atom. The highest BCUT2D eigenvalue weighted by molar-refractivity contribution is 5.97. The Kier molecular flexibility index (Phi) is 5.58. The van der Waals surface area contributed by atoms with Crippen molar-refractivity contribution in [3.8, 4) is 5.75 Å². The lowest BCUT2D eigenvalue weighted by molar-refractivity contribution is -0.138. The number of rotatable bonds is 2. The third kappa shape index (κ3) is 4.11. The summed E-state index contributed by atoms with van der Waals surface area (Å²) < 4.78 is 39.6. The molecule has 0 radical (unpaired) electrons. The van der Waals surface area contributed by atoms with Gasteiger partial charge in [0.25, 0.3) is 11.8 Å². The summed E-state index contributed by atoms with van der Waals surface area (Å²) in [6, 6.07) is 10.9. The zero-order valence-electron chi connectivity index (χ0n) is 14.9. The predicted octanol–water partition coefficient (Wildman–Crippen LogP) is 3.40. The minimum absolute atomic E-state index is 0.115. The van der Waals surface area contributed by atoms with E-state index in [2.05, 4.69) is 0 Å². The monoisotopic (exact) mass is 392 g/mol. The first-order chi connectivity index (χ1) is 13.3. The number of carbonyl (C=O) groups excluding carboxylic acids is 2. The van der Waals surface area contributed by atoms with Crippen LogP contribution in [0.25, 0.3) is 0 Å². The van der Waals surface area contributed by atoms with Gasteiger partial charge in [0.05, 0.1) is 16.7 Å². The Labute approximate surface area is 160 Å². The molecule has 1 heterocycles. The van der Waals surface area contributed by atoms with E-state index in [0.717, 1.165) is 6.07 Å². The third-order valence-electron chi connectivity index (χ3n) is 4.67. The number of benzene rings is 2. The van der Waals surface area contributed by atoms with Crippen LogP contribution in [0.15, 0.2) is 48.5 Å². The summed E-state index contributed by atoms with van der Waals surface area (Å²) in [5, 5.41) is 9.86. The smallest absolute Gasteiger partial charge is 0.417 e. The summed E-state index contributed by atoms with van der Waals surface area (Å²) in [7, 11) is 0. The van der Waals surface area contributed by atoms with E-state index in [9.17, 15) is 27.9 Å². The van der Waals surface area contributed by atoms with Crippen LogP contribution < -0.4 is 0 Å². The van der Waals surface area contributed by atoms with E-state index >= 15 is 0 Å². The second-order valence-corrected chi connectivity index (χ2v) is 6.50. The highest BCUT2D eigenvalue weighted by Crippen LogP contribution is 2.32. The van der Waals surface area contributed by atoms with Crippen molar-refractivity contribution >= 4 is 11.8 Å². The summed E-state index contributed by atoms with van der Waals surface area (Å²) in [4.78, 5) is 28.2. The van der Waals surface area contributed by atoms with Gasteiger partial charge in [0.15, 0.2) is 0 Å². The van der Waals surface area contributed by atoms with E-state index in [1.807, 2.05) is 0 Å². The van der Waals surface area contributed by atoms with E-state index in [4.69, 9.17) is 0 Å². The van der Waals surface area contributed by atoms with Crippen molar-refractivity contribution in [3.05, 3.63) is 65.2 Å². The maximum absolute atomic E-state index is 13.2. The van der Waals surface area contributed by atoms with Gasteiger partial charge in [-0.25, -0.2) is 0 Å². The molecular formula is C20H19F3N2O3. The first-order valence-corrected chi connectivity index (χ1v) is 8.82. The number of nitrogens with zero attached hydrogens (tertiary/aromatic N) is 2. The fourth-order valence-corrected chi connectivity index (χ4v) is 3.24. The van der Waals surface area contributed by atoms with Gasteiger partial charge in [-0.05, 0) is 30.7 Å². The van der Waals surface area contributed by atoms with Crippen LogP contribution in [-0.2, 0) is 6.18 Å². The van der Waals surface area contributed by atoms with Crippen molar-refractivity contribution < 1.29 is 27.9 Å². The van der Waals surface area contributed by atoms with Gasteiger partial charge in [-0.2, -0.15) is 13.2 Å². The Bertz CT molecular complexity index is 883. The zero-order chi connectivity index (χ0) is 20.3. The summed E-state index contributed by atoms with van der Waals surface area (Å²) in [6.45, 7) is 0.880. The highest BCUT2D eigenvalue weighted by atomic mass is 19.4. The maximum Gasteiger partial charge on any atom is 0.417 e. The van der Waals surface area contributed by atoms with E-state index < -0.39 is 23.2 Å². The number of hydrogen-bond acceptors (Lipinski definition) is 3. The number of alkyl halides is 3. The average molecular weight is 392 g/mol. The third-order valence-corrected chi connectivity index (χ3v) is 4.67. The van der Waals surface area contributed by atoms with Gasteiger partial charge in [-0.15, -0.1) is 0 Å². The van der Waals surface area contributed by atoms with Gasteiger partial charge in [-0.1, -0.05) is 24.3 Å². The topological polar surface area (TPSA) is 60.9 Å². The van der Waals surface area contributed by atoms with Gasteiger partial charge in [0.2, 0.25) is 0 Å². The molecule has 5 nitrogen and oxygen atoms in total. The number of phenols is 1. The molecule has 1 aliphatic rings. The normalized spacial score (nSPS) is 15.2. The molecule has 148 valence electrons. The van der Waals surface area contributed by atoms with E-state index in [1.54, 1.807) is 12.1 Å². The van der Waals surface area contributed by atoms with E-state index in [-0.39, 0.29) is 36.9 Å². The lowest BCUT2D eigenvalue weighted by Crippen LogP contribution is -2.38. The van der Waals surface area contributed by atoms with E-state index in [1.165, 1.54) is 40.1 Å². The molecule has 0 aliphatic carbocycles. The molecule has 2 aromatic carbocycles. The molecule has 0 spiro atoms. The molecule has 2 aromatic rings. The van der Waals surface area contributed by atoms with Crippen molar-refractivity contribution in [1.29, 1.82) is 0 Å². The number of carbonyl (C=O) groups is 2. The Balaban J connectivity index is 1.75. The van der Waals surface area contributed by atoms with Gasteiger partial charge >= 0.3 is 6.18 Å². The second kappa shape index (κ2) is 7.92. The SMILES string of the molecule is O=C(c1ccccc1O)N1CCCN(C(=O)c2ccccc2C(F)(F)F)CC1. The van der Waals surface area contributed by atoms with Crippen LogP contribution in [0.3, 0.4) is 0 Å². The van der Waals surface area contributed by atoms with Gasteiger partial charge in [-0.3, -0.25) is 9.59 Å². The van der Waals surface area contributed by atoms with Gasteiger partial charge < -0.3 is 14.9 Å². The number of halogens is 3. The molecule has 0 atom stereocenters. The second-order valence-electron chi connectivity index (χ2n) is 6.50. The van der Waals surface area contributed by atoms with Crippen LogP contribution in [0.2, 0.25) is 0 Å². The van der Waals surface area contributed by atoms with Crippen LogP contribution in [0, 0.1) is 0 Å². The molecule has 8 heteroatoms. The van der Waals surface area contributed by atoms with Gasteiger partial charge in [0, 0.05) is 26.2 Å². The predicted molar refractivity (Wildman–Crippen MR) is 96.0 cm³/mol. The lowest BCUT2D eigenvalue weighted by Gasteiger charge is -2.23. The number of hydrogen-bond donors (Lipinski definition) is 1. The quantitative estimate of drug-likeness (QED) is 0.852. The zero-order valence-corrected chi connectivity index (χ0v) is 14.9. The van der Waals surface area contributed by atoms with Crippen LogP contribution in [-0.4, -0.2) is 52.9 Å². The minimum Gasteiger partial charge on any atom is -0.507 e. The van der Waals surface area contributed by atoms with Crippen LogP contribution >= 0.6 is 0 Å².